The number of carboxylic acids is 1. The van der Waals surface area contributed by atoms with Gasteiger partial charge in [0.2, 0.25) is 10.0 Å². The number of ether oxygens (including phenoxy) is 1. The van der Waals surface area contributed by atoms with Crippen molar-refractivity contribution in [3.8, 4) is 0 Å². The van der Waals surface area contributed by atoms with Crippen molar-refractivity contribution in [2.75, 3.05) is 13.2 Å². The van der Waals surface area contributed by atoms with Crippen LogP contribution in [0.1, 0.15) is 31.3 Å². The second-order valence-corrected chi connectivity index (χ2v) is 7.11. The number of aromatic carboxylic acids is 1. The zero-order valence-corrected chi connectivity index (χ0v) is 13.1. The number of sulfonamides is 1. The Labute approximate surface area is 124 Å². The molecule has 1 N–H and O–H groups in total. The summed E-state index contributed by atoms with van der Waals surface area (Å²) in [5, 5.41) is 9.13. The predicted molar refractivity (Wildman–Crippen MR) is 75.8 cm³/mol. The molecule has 8 heteroatoms. The van der Waals surface area contributed by atoms with Crippen LogP contribution in [0.3, 0.4) is 0 Å². The highest BCUT2D eigenvalue weighted by atomic mass is 32.2. The van der Waals surface area contributed by atoms with Gasteiger partial charge in [0, 0.05) is 25.3 Å². The van der Waals surface area contributed by atoms with E-state index < -0.39 is 16.0 Å². The molecule has 0 aliphatic carbocycles. The Morgan fingerprint density at radius 3 is 2.67 bits per heavy atom. The van der Waals surface area contributed by atoms with Crippen LogP contribution < -0.4 is 0 Å². The summed E-state index contributed by atoms with van der Waals surface area (Å²) in [4.78, 5) is 11.2. The topological polar surface area (TPSA) is 88.8 Å². The summed E-state index contributed by atoms with van der Waals surface area (Å²) >= 11 is 0. The molecule has 1 aliphatic heterocycles. The van der Waals surface area contributed by atoms with Crippen LogP contribution in [0.2, 0.25) is 0 Å². The van der Waals surface area contributed by atoms with E-state index in [1.54, 1.807) is 13.8 Å². The van der Waals surface area contributed by atoms with Gasteiger partial charge in [-0.3, -0.25) is 0 Å². The minimum Gasteiger partial charge on any atom is -0.477 e. The first-order valence-electron chi connectivity index (χ1n) is 6.84. The van der Waals surface area contributed by atoms with E-state index in [1.165, 1.54) is 21.1 Å². The first-order chi connectivity index (χ1) is 9.77. The van der Waals surface area contributed by atoms with Crippen LogP contribution in [0.15, 0.2) is 17.2 Å². The number of aromatic nitrogens is 1. The minimum atomic E-state index is -3.72. The lowest BCUT2D eigenvalue weighted by Gasteiger charge is -2.35. The van der Waals surface area contributed by atoms with E-state index >= 15 is 0 Å². The molecule has 21 heavy (non-hydrogen) atoms. The van der Waals surface area contributed by atoms with E-state index in [-0.39, 0.29) is 29.3 Å². The number of morpholine rings is 1. The Bertz CT molecular complexity index is 637. The molecular formula is C13H20N2O5S. The third-order valence-corrected chi connectivity index (χ3v) is 5.53. The smallest absolute Gasteiger partial charge is 0.352 e. The molecule has 0 amide bonds. The SMILES string of the molecule is CCn1cc(S(=O)(=O)N2CC(C)OCC2C)cc1C(=O)O. The largest absolute Gasteiger partial charge is 0.477 e. The summed E-state index contributed by atoms with van der Waals surface area (Å²) in [6.07, 6.45) is 1.20. The van der Waals surface area contributed by atoms with Gasteiger partial charge in [-0.25, -0.2) is 13.2 Å². The van der Waals surface area contributed by atoms with Gasteiger partial charge in [0.15, 0.2) is 0 Å². The molecule has 0 saturated carbocycles. The van der Waals surface area contributed by atoms with Crippen LogP contribution in [-0.2, 0) is 21.3 Å². The molecule has 1 aromatic rings. The molecule has 0 aromatic carbocycles. The lowest BCUT2D eigenvalue weighted by atomic mass is 10.2. The fraction of sp³-hybridized carbons (Fsp3) is 0.615. The third kappa shape index (κ3) is 2.97. The number of hydrogen-bond acceptors (Lipinski definition) is 4. The molecule has 2 heterocycles. The van der Waals surface area contributed by atoms with Crippen molar-refractivity contribution in [3.05, 3.63) is 18.0 Å². The maximum Gasteiger partial charge on any atom is 0.352 e. The molecule has 0 spiro atoms. The Morgan fingerprint density at radius 2 is 2.14 bits per heavy atom. The third-order valence-electron chi connectivity index (χ3n) is 3.59. The highest BCUT2D eigenvalue weighted by Gasteiger charge is 2.35. The average molecular weight is 316 g/mol. The fourth-order valence-electron chi connectivity index (χ4n) is 2.41. The van der Waals surface area contributed by atoms with Gasteiger partial charge < -0.3 is 14.4 Å². The zero-order chi connectivity index (χ0) is 15.8. The first-order valence-corrected chi connectivity index (χ1v) is 8.28. The number of hydrogen-bond donors (Lipinski definition) is 1. The second kappa shape index (κ2) is 5.78. The number of carboxylic acid groups (broad SMARTS) is 1. The van der Waals surface area contributed by atoms with Crippen molar-refractivity contribution < 1.29 is 23.1 Å². The van der Waals surface area contributed by atoms with Gasteiger partial charge in [-0.1, -0.05) is 0 Å². The molecule has 1 aromatic heterocycles. The van der Waals surface area contributed by atoms with E-state index in [1.807, 2.05) is 6.92 Å². The first kappa shape index (κ1) is 16.0. The summed E-state index contributed by atoms with van der Waals surface area (Å²) in [6, 6.07) is 0.943. The Hall–Kier alpha value is -1.38. The monoisotopic (exact) mass is 316 g/mol. The van der Waals surface area contributed by atoms with Gasteiger partial charge in [0.05, 0.1) is 12.7 Å². The average Bonchev–Trinajstić information content (AvgIpc) is 2.86. The Kier molecular flexibility index (Phi) is 4.40. The maximum absolute atomic E-state index is 12.7. The van der Waals surface area contributed by atoms with Crippen molar-refractivity contribution in [1.82, 2.24) is 8.87 Å². The van der Waals surface area contributed by atoms with E-state index in [0.717, 1.165) is 0 Å². The minimum absolute atomic E-state index is 0.0164. The predicted octanol–water partition coefficient (Wildman–Crippen LogP) is 1.00. The second-order valence-electron chi connectivity index (χ2n) is 5.22. The fourth-order valence-corrected chi connectivity index (χ4v) is 4.14. The Morgan fingerprint density at radius 1 is 1.48 bits per heavy atom. The van der Waals surface area contributed by atoms with Crippen molar-refractivity contribution in [2.45, 2.75) is 44.4 Å². The molecule has 0 radical (unpaired) electrons. The van der Waals surface area contributed by atoms with Gasteiger partial charge in [-0.2, -0.15) is 4.31 Å². The van der Waals surface area contributed by atoms with Crippen molar-refractivity contribution in [3.63, 3.8) is 0 Å². The van der Waals surface area contributed by atoms with Gasteiger partial charge in [0.25, 0.3) is 0 Å². The molecule has 118 valence electrons. The van der Waals surface area contributed by atoms with Crippen LogP contribution in [0, 0.1) is 0 Å². The van der Waals surface area contributed by atoms with E-state index in [2.05, 4.69) is 0 Å². The Balaban J connectivity index is 2.41. The molecule has 2 atom stereocenters. The van der Waals surface area contributed by atoms with Gasteiger partial charge in [-0.15, -0.1) is 0 Å². The molecule has 7 nitrogen and oxygen atoms in total. The molecule has 1 aliphatic rings. The van der Waals surface area contributed by atoms with Crippen LogP contribution in [0.5, 0.6) is 0 Å². The van der Waals surface area contributed by atoms with Gasteiger partial charge in [-0.05, 0) is 26.8 Å². The molecule has 2 rings (SSSR count). The van der Waals surface area contributed by atoms with Crippen LogP contribution in [0.4, 0.5) is 0 Å². The standard InChI is InChI=1S/C13H20N2O5S/c1-4-14-7-11(5-12(14)13(16)17)21(18,19)15-6-10(3)20-8-9(15)2/h5,7,9-10H,4,6,8H2,1-3H3,(H,16,17). The summed E-state index contributed by atoms with van der Waals surface area (Å²) in [6.45, 7) is 6.35. The summed E-state index contributed by atoms with van der Waals surface area (Å²) in [7, 11) is -3.72. The maximum atomic E-state index is 12.7. The quantitative estimate of drug-likeness (QED) is 0.895. The molecule has 2 unspecified atom stereocenters. The molecular weight excluding hydrogens is 296 g/mol. The van der Waals surface area contributed by atoms with Gasteiger partial charge in [0.1, 0.15) is 10.6 Å². The lowest BCUT2D eigenvalue weighted by Crippen LogP contribution is -2.49. The van der Waals surface area contributed by atoms with Crippen molar-refractivity contribution in [1.29, 1.82) is 0 Å². The van der Waals surface area contributed by atoms with E-state index in [9.17, 15) is 13.2 Å². The van der Waals surface area contributed by atoms with Crippen LogP contribution in [0.25, 0.3) is 0 Å². The summed E-state index contributed by atoms with van der Waals surface area (Å²) < 4.78 is 33.7. The number of aryl methyl sites for hydroxylation is 1. The summed E-state index contributed by atoms with van der Waals surface area (Å²) in [5.74, 6) is -1.14. The molecule has 1 saturated heterocycles. The van der Waals surface area contributed by atoms with E-state index in [0.29, 0.717) is 13.2 Å². The highest BCUT2D eigenvalue weighted by molar-refractivity contribution is 7.89. The zero-order valence-electron chi connectivity index (χ0n) is 12.3. The molecule has 1 fully saturated rings. The van der Waals surface area contributed by atoms with Crippen LogP contribution in [-0.4, -0.2) is 53.7 Å². The van der Waals surface area contributed by atoms with Gasteiger partial charge >= 0.3 is 5.97 Å². The number of rotatable bonds is 4. The normalized spacial score (nSPS) is 24.1. The lowest BCUT2D eigenvalue weighted by molar-refractivity contribution is -0.0170. The van der Waals surface area contributed by atoms with Crippen molar-refractivity contribution in [2.24, 2.45) is 0 Å². The number of carbonyl (C=O) groups is 1. The summed E-state index contributed by atoms with van der Waals surface area (Å²) in [5.41, 5.74) is -0.0231. The van der Waals surface area contributed by atoms with E-state index in [4.69, 9.17) is 9.84 Å². The highest BCUT2D eigenvalue weighted by Crippen LogP contribution is 2.24. The van der Waals surface area contributed by atoms with Crippen molar-refractivity contribution >= 4 is 16.0 Å². The van der Waals surface area contributed by atoms with Crippen LogP contribution >= 0.6 is 0 Å². The number of nitrogens with zero attached hydrogens (tertiary/aromatic N) is 2. The molecule has 0 bridgehead atoms.